The van der Waals surface area contributed by atoms with Crippen LogP contribution >= 0.6 is 0 Å². The lowest BCUT2D eigenvalue weighted by molar-refractivity contribution is -0.129. The zero-order valence-corrected chi connectivity index (χ0v) is 12.5. The van der Waals surface area contributed by atoms with Crippen molar-refractivity contribution in [2.75, 3.05) is 0 Å². The van der Waals surface area contributed by atoms with Crippen LogP contribution in [0.1, 0.15) is 32.6 Å². The van der Waals surface area contributed by atoms with Crippen LogP contribution < -0.4 is 10.2 Å². The molecule has 1 aromatic rings. The number of hydrogen-bond acceptors (Lipinski definition) is 4. The van der Waals surface area contributed by atoms with Gasteiger partial charge in [0.1, 0.15) is 10.7 Å². The summed E-state index contributed by atoms with van der Waals surface area (Å²) in [5, 5.41) is 8.53. The fraction of sp³-hybridized carbons (Fsp3) is 0.462. The van der Waals surface area contributed by atoms with Gasteiger partial charge in [0, 0.05) is 12.5 Å². The van der Waals surface area contributed by atoms with Gasteiger partial charge in [-0.05, 0) is 18.6 Å². The van der Waals surface area contributed by atoms with Gasteiger partial charge in [0.15, 0.2) is 0 Å². The van der Waals surface area contributed by atoms with Crippen molar-refractivity contribution in [3.8, 4) is 0 Å². The van der Waals surface area contributed by atoms with E-state index in [9.17, 15) is 17.6 Å². The molecule has 1 amide bonds. The summed E-state index contributed by atoms with van der Waals surface area (Å²) in [5.74, 6) is -1.56. The molecule has 118 valence electrons. The van der Waals surface area contributed by atoms with Crippen molar-refractivity contribution in [1.82, 2.24) is 10.2 Å². The molecular formula is C13H19FN2O4S. The standard InChI is InChI=1S/C13H19FN2O4S/c1-2-3-6-10(9-13(17)15-18)16-21(19,20)12-8-5-4-7-11(12)14/h4-5,7-8,10,16,18H,2-3,6,9H2,1H3,(H,15,17)/t10-/m0/s1. The summed E-state index contributed by atoms with van der Waals surface area (Å²) in [6, 6.07) is 4.31. The molecule has 0 saturated carbocycles. The third kappa shape index (κ3) is 5.41. The number of carbonyl (C=O) groups is 1. The second kappa shape index (κ2) is 8.06. The quantitative estimate of drug-likeness (QED) is 0.501. The molecule has 1 rings (SSSR count). The highest BCUT2D eigenvalue weighted by molar-refractivity contribution is 7.89. The van der Waals surface area contributed by atoms with Crippen LogP contribution in [-0.2, 0) is 14.8 Å². The van der Waals surface area contributed by atoms with Gasteiger partial charge in [-0.3, -0.25) is 10.0 Å². The number of carbonyl (C=O) groups excluding carboxylic acids is 1. The van der Waals surface area contributed by atoms with Gasteiger partial charge in [0.2, 0.25) is 15.9 Å². The minimum Gasteiger partial charge on any atom is -0.289 e. The lowest BCUT2D eigenvalue weighted by atomic mass is 10.1. The molecular weight excluding hydrogens is 299 g/mol. The monoisotopic (exact) mass is 318 g/mol. The minimum atomic E-state index is -4.06. The van der Waals surface area contributed by atoms with Crippen molar-refractivity contribution in [2.24, 2.45) is 0 Å². The molecule has 3 N–H and O–H groups in total. The first-order valence-electron chi connectivity index (χ1n) is 6.60. The van der Waals surface area contributed by atoms with E-state index in [2.05, 4.69) is 4.72 Å². The fourth-order valence-corrected chi connectivity index (χ4v) is 3.22. The van der Waals surface area contributed by atoms with E-state index in [0.29, 0.717) is 12.8 Å². The number of rotatable bonds is 8. The van der Waals surface area contributed by atoms with Crippen molar-refractivity contribution >= 4 is 15.9 Å². The fourth-order valence-electron chi connectivity index (χ4n) is 1.87. The Kier molecular flexibility index (Phi) is 6.73. The third-order valence-corrected chi connectivity index (χ3v) is 4.46. The minimum absolute atomic E-state index is 0.218. The van der Waals surface area contributed by atoms with Gasteiger partial charge in [-0.2, -0.15) is 0 Å². The molecule has 0 aliphatic carbocycles. The first-order chi connectivity index (χ1) is 9.90. The van der Waals surface area contributed by atoms with Gasteiger partial charge in [0.05, 0.1) is 0 Å². The highest BCUT2D eigenvalue weighted by Gasteiger charge is 2.24. The molecule has 0 fully saturated rings. The molecule has 6 nitrogen and oxygen atoms in total. The average molecular weight is 318 g/mol. The molecule has 1 atom stereocenters. The summed E-state index contributed by atoms with van der Waals surface area (Å²) < 4.78 is 40.2. The van der Waals surface area contributed by atoms with Gasteiger partial charge in [-0.25, -0.2) is 23.0 Å². The van der Waals surface area contributed by atoms with Crippen LogP contribution in [-0.4, -0.2) is 25.6 Å². The number of halogens is 1. The number of benzene rings is 1. The number of sulfonamides is 1. The molecule has 0 aromatic heterocycles. The van der Waals surface area contributed by atoms with E-state index in [-0.39, 0.29) is 6.42 Å². The second-order valence-corrected chi connectivity index (χ2v) is 6.31. The number of nitrogens with one attached hydrogen (secondary N) is 2. The lowest BCUT2D eigenvalue weighted by Gasteiger charge is -2.17. The molecule has 0 aliphatic heterocycles. The van der Waals surface area contributed by atoms with Crippen LogP contribution in [0.4, 0.5) is 4.39 Å². The van der Waals surface area contributed by atoms with Crippen molar-refractivity contribution in [1.29, 1.82) is 0 Å². The van der Waals surface area contributed by atoms with Crippen molar-refractivity contribution in [3.05, 3.63) is 30.1 Å². The third-order valence-electron chi connectivity index (χ3n) is 2.91. The Morgan fingerprint density at radius 3 is 2.62 bits per heavy atom. The second-order valence-electron chi connectivity index (χ2n) is 4.63. The van der Waals surface area contributed by atoms with E-state index in [1.54, 1.807) is 0 Å². The van der Waals surface area contributed by atoms with E-state index >= 15 is 0 Å². The number of amides is 1. The van der Waals surface area contributed by atoms with Crippen LogP contribution in [0.5, 0.6) is 0 Å². The molecule has 0 saturated heterocycles. The summed E-state index contributed by atoms with van der Waals surface area (Å²) in [4.78, 5) is 10.7. The normalized spacial score (nSPS) is 12.9. The Hall–Kier alpha value is -1.51. The van der Waals surface area contributed by atoms with Crippen LogP contribution in [0.3, 0.4) is 0 Å². The van der Waals surface area contributed by atoms with E-state index in [4.69, 9.17) is 5.21 Å². The first kappa shape index (κ1) is 17.5. The van der Waals surface area contributed by atoms with E-state index in [1.165, 1.54) is 17.6 Å². The Morgan fingerprint density at radius 1 is 1.38 bits per heavy atom. The van der Waals surface area contributed by atoms with Gasteiger partial charge < -0.3 is 0 Å². The number of unbranched alkanes of at least 4 members (excludes halogenated alkanes) is 1. The molecule has 0 heterocycles. The maximum atomic E-state index is 13.6. The number of hydroxylamine groups is 1. The Labute approximate surface area is 123 Å². The van der Waals surface area contributed by atoms with Crippen LogP contribution in [0.25, 0.3) is 0 Å². The molecule has 1 aromatic carbocycles. The van der Waals surface area contributed by atoms with Crippen LogP contribution in [0, 0.1) is 5.82 Å². The number of hydrogen-bond donors (Lipinski definition) is 3. The predicted molar refractivity (Wildman–Crippen MR) is 74.6 cm³/mol. The lowest BCUT2D eigenvalue weighted by Crippen LogP contribution is -2.38. The smallest absolute Gasteiger partial charge is 0.244 e. The van der Waals surface area contributed by atoms with Crippen molar-refractivity contribution in [2.45, 2.75) is 43.5 Å². The maximum absolute atomic E-state index is 13.6. The maximum Gasteiger partial charge on any atom is 0.244 e. The van der Waals surface area contributed by atoms with Crippen LogP contribution in [0.2, 0.25) is 0 Å². The zero-order valence-electron chi connectivity index (χ0n) is 11.7. The van der Waals surface area contributed by atoms with Crippen LogP contribution in [0.15, 0.2) is 29.2 Å². The summed E-state index contributed by atoms with van der Waals surface area (Å²) >= 11 is 0. The van der Waals surface area contributed by atoms with E-state index in [1.807, 2.05) is 6.92 Å². The highest BCUT2D eigenvalue weighted by Crippen LogP contribution is 2.15. The molecule has 0 radical (unpaired) electrons. The molecule has 0 aliphatic rings. The SMILES string of the molecule is CCCC[C@@H](CC(=O)NO)NS(=O)(=O)c1ccccc1F. The highest BCUT2D eigenvalue weighted by atomic mass is 32.2. The Balaban J connectivity index is 2.90. The summed E-state index contributed by atoms with van der Waals surface area (Å²) in [6.45, 7) is 1.93. The van der Waals surface area contributed by atoms with E-state index < -0.39 is 32.7 Å². The largest absolute Gasteiger partial charge is 0.289 e. The topological polar surface area (TPSA) is 95.5 Å². The Bertz CT molecular complexity index is 577. The molecule has 21 heavy (non-hydrogen) atoms. The molecule has 0 unspecified atom stereocenters. The Morgan fingerprint density at radius 2 is 2.05 bits per heavy atom. The van der Waals surface area contributed by atoms with Crippen molar-refractivity contribution < 1.29 is 22.8 Å². The predicted octanol–water partition coefficient (Wildman–Crippen LogP) is 1.56. The van der Waals surface area contributed by atoms with E-state index in [0.717, 1.165) is 18.6 Å². The van der Waals surface area contributed by atoms with Gasteiger partial charge >= 0.3 is 0 Å². The first-order valence-corrected chi connectivity index (χ1v) is 8.08. The zero-order chi connectivity index (χ0) is 15.9. The summed E-state index contributed by atoms with van der Waals surface area (Å²) in [6.07, 6.45) is 1.71. The van der Waals surface area contributed by atoms with Gasteiger partial charge in [0.25, 0.3) is 0 Å². The van der Waals surface area contributed by atoms with Gasteiger partial charge in [-0.15, -0.1) is 0 Å². The summed E-state index contributed by atoms with van der Waals surface area (Å²) in [5.41, 5.74) is 1.46. The average Bonchev–Trinajstić information content (AvgIpc) is 2.44. The van der Waals surface area contributed by atoms with Gasteiger partial charge in [-0.1, -0.05) is 31.9 Å². The van der Waals surface area contributed by atoms with Crippen molar-refractivity contribution in [3.63, 3.8) is 0 Å². The molecule has 8 heteroatoms. The molecule has 0 spiro atoms. The summed E-state index contributed by atoms with van der Waals surface area (Å²) in [7, 11) is -4.06. The molecule has 0 bridgehead atoms.